The number of aliphatic hydroxyl groups is 1. The van der Waals surface area contributed by atoms with Crippen LogP contribution in [0.4, 0.5) is 0 Å². The third-order valence-electron chi connectivity index (χ3n) is 4.03. The van der Waals surface area contributed by atoms with Gasteiger partial charge >= 0.3 is 0 Å². The van der Waals surface area contributed by atoms with Gasteiger partial charge in [0.2, 0.25) is 0 Å². The Balaban J connectivity index is 1.54. The van der Waals surface area contributed by atoms with Crippen molar-refractivity contribution in [2.24, 2.45) is 0 Å². The topological polar surface area (TPSA) is 41.9 Å². The molecule has 2 aromatic rings. The normalized spacial score (nSPS) is 21.6. The van der Waals surface area contributed by atoms with Crippen molar-refractivity contribution in [3.8, 4) is 0 Å². The van der Waals surface area contributed by atoms with Crippen LogP contribution in [0, 0.1) is 0 Å². The van der Waals surface area contributed by atoms with Crippen LogP contribution in [0.2, 0.25) is 0 Å². The van der Waals surface area contributed by atoms with E-state index >= 15 is 0 Å². The van der Waals surface area contributed by atoms with Crippen molar-refractivity contribution >= 4 is 0 Å². The molecule has 1 heterocycles. The lowest BCUT2D eigenvalue weighted by molar-refractivity contribution is -0.183. The monoisotopic (exact) mass is 313 g/mol. The SMILES string of the molecule is OC[C@@H]1C[C@@H](COCc2ccccc2)N(Cc2ccccc2)O1. The molecule has 4 nitrogen and oxygen atoms in total. The van der Waals surface area contributed by atoms with E-state index in [1.807, 2.05) is 41.5 Å². The molecule has 0 radical (unpaired) electrons. The molecule has 1 saturated heterocycles. The zero-order valence-electron chi connectivity index (χ0n) is 13.2. The van der Waals surface area contributed by atoms with Crippen LogP contribution in [0.25, 0.3) is 0 Å². The third kappa shape index (κ3) is 4.62. The van der Waals surface area contributed by atoms with Gasteiger partial charge in [-0.3, -0.25) is 4.84 Å². The van der Waals surface area contributed by atoms with E-state index in [0.717, 1.165) is 6.42 Å². The van der Waals surface area contributed by atoms with Gasteiger partial charge in [0.15, 0.2) is 0 Å². The predicted octanol–water partition coefficient (Wildman–Crippen LogP) is 2.77. The number of nitrogens with zero attached hydrogens (tertiary/aromatic N) is 1. The van der Waals surface area contributed by atoms with Crippen LogP contribution in [0.3, 0.4) is 0 Å². The highest BCUT2D eigenvalue weighted by Gasteiger charge is 2.33. The molecule has 0 saturated carbocycles. The van der Waals surface area contributed by atoms with Gasteiger partial charge in [-0.05, 0) is 17.5 Å². The highest BCUT2D eigenvalue weighted by Crippen LogP contribution is 2.23. The average molecular weight is 313 g/mol. The first-order valence-corrected chi connectivity index (χ1v) is 8.05. The summed E-state index contributed by atoms with van der Waals surface area (Å²) in [4.78, 5) is 5.83. The lowest BCUT2D eigenvalue weighted by atomic mass is 10.1. The molecule has 2 aromatic carbocycles. The Morgan fingerprint density at radius 2 is 1.65 bits per heavy atom. The van der Waals surface area contributed by atoms with E-state index in [0.29, 0.717) is 19.8 Å². The van der Waals surface area contributed by atoms with Crippen molar-refractivity contribution in [2.75, 3.05) is 13.2 Å². The fraction of sp³-hybridized carbons (Fsp3) is 0.368. The van der Waals surface area contributed by atoms with Crippen molar-refractivity contribution in [3.63, 3.8) is 0 Å². The van der Waals surface area contributed by atoms with Crippen LogP contribution in [0.15, 0.2) is 60.7 Å². The van der Waals surface area contributed by atoms with Crippen molar-refractivity contribution in [1.29, 1.82) is 0 Å². The van der Waals surface area contributed by atoms with Crippen LogP contribution in [0.5, 0.6) is 0 Å². The van der Waals surface area contributed by atoms with Crippen LogP contribution in [-0.4, -0.2) is 35.5 Å². The van der Waals surface area contributed by atoms with E-state index in [1.54, 1.807) is 0 Å². The summed E-state index contributed by atoms with van der Waals surface area (Å²) in [5.41, 5.74) is 2.36. The fourth-order valence-electron chi connectivity index (χ4n) is 2.82. The zero-order valence-corrected chi connectivity index (χ0v) is 13.2. The van der Waals surface area contributed by atoms with Gasteiger partial charge in [0.25, 0.3) is 0 Å². The lowest BCUT2D eigenvalue weighted by Crippen LogP contribution is -2.31. The quantitative estimate of drug-likeness (QED) is 0.853. The molecule has 122 valence electrons. The molecule has 1 aliphatic heterocycles. The van der Waals surface area contributed by atoms with Gasteiger partial charge < -0.3 is 9.84 Å². The Morgan fingerprint density at radius 3 is 2.30 bits per heavy atom. The van der Waals surface area contributed by atoms with Gasteiger partial charge in [-0.15, -0.1) is 0 Å². The number of benzene rings is 2. The first-order valence-electron chi connectivity index (χ1n) is 8.05. The second-order valence-electron chi connectivity index (χ2n) is 5.86. The minimum absolute atomic E-state index is 0.0421. The van der Waals surface area contributed by atoms with Gasteiger partial charge in [-0.25, -0.2) is 0 Å². The first-order chi connectivity index (χ1) is 11.3. The second-order valence-corrected chi connectivity index (χ2v) is 5.86. The lowest BCUT2D eigenvalue weighted by Gasteiger charge is -2.22. The molecule has 1 fully saturated rings. The molecular weight excluding hydrogens is 290 g/mol. The van der Waals surface area contributed by atoms with Gasteiger partial charge in [0, 0.05) is 6.54 Å². The molecule has 3 rings (SSSR count). The van der Waals surface area contributed by atoms with Gasteiger partial charge in [0.05, 0.1) is 25.9 Å². The van der Waals surface area contributed by atoms with E-state index in [-0.39, 0.29) is 18.8 Å². The number of ether oxygens (including phenoxy) is 1. The molecule has 0 spiro atoms. The molecule has 0 aliphatic carbocycles. The van der Waals surface area contributed by atoms with Crippen molar-refractivity contribution < 1.29 is 14.7 Å². The van der Waals surface area contributed by atoms with Crippen LogP contribution < -0.4 is 0 Å². The Morgan fingerprint density at radius 1 is 1.00 bits per heavy atom. The maximum absolute atomic E-state index is 9.38. The molecule has 0 bridgehead atoms. The molecular formula is C19H23NO3. The van der Waals surface area contributed by atoms with Crippen LogP contribution in [-0.2, 0) is 22.7 Å². The van der Waals surface area contributed by atoms with Crippen molar-refractivity contribution in [3.05, 3.63) is 71.8 Å². The summed E-state index contributed by atoms with van der Waals surface area (Å²) in [5.74, 6) is 0. The van der Waals surface area contributed by atoms with Crippen LogP contribution in [0.1, 0.15) is 17.5 Å². The summed E-state index contributed by atoms with van der Waals surface area (Å²) < 4.78 is 5.86. The number of hydrogen-bond donors (Lipinski definition) is 1. The maximum Gasteiger partial charge on any atom is 0.104 e. The Hall–Kier alpha value is -1.72. The highest BCUT2D eigenvalue weighted by atomic mass is 16.7. The van der Waals surface area contributed by atoms with E-state index in [9.17, 15) is 5.11 Å². The summed E-state index contributed by atoms with van der Waals surface area (Å²) in [5, 5.41) is 11.3. The molecule has 0 unspecified atom stereocenters. The van der Waals surface area contributed by atoms with Gasteiger partial charge in [-0.1, -0.05) is 60.7 Å². The number of hydrogen-bond acceptors (Lipinski definition) is 4. The Kier molecular flexibility index (Phi) is 5.77. The largest absolute Gasteiger partial charge is 0.394 e. The number of hydroxylamine groups is 2. The Labute approximate surface area is 137 Å². The second kappa shape index (κ2) is 8.22. The van der Waals surface area contributed by atoms with E-state index in [2.05, 4.69) is 24.3 Å². The van der Waals surface area contributed by atoms with Gasteiger partial charge in [0.1, 0.15) is 6.10 Å². The molecule has 23 heavy (non-hydrogen) atoms. The number of rotatable bonds is 7. The van der Waals surface area contributed by atoms with E-state index in [1.165, 1.54) is 11.1 Å². The standard InChI is InChI=1S/C19H23NO3/c21-13-19-11-18(15-22-14-17-9-5-2-6-10-17)20(23-19)12-16-7-3-1-4-8-16/h1-10,18-19,21H,11-15H2/t18-,19-/m0/s1. The fourth-order valence-corrected chi connectivity index (χ4v) is 2.82. The van der Waals surface area contributed by atoms with Crippen molar-refractivity contribution in [1.82, 2.24) is 5.06 Å². The minimum Gasteiger partial charge on any atom is -0.394 e. The van der Waals surface area contributed by atoms with Crippen LogP contribution >= 0.6 is 0 Å². The Bertz CT molecular complexity index is 576. The summed E-state index contributed by atoms with van der Waals surface area (Å²) in [6.07, 6.45) is 0.655. The minimum atomic E-state index is -0.135. The maximum atomic E-state index is 9.38. The summed E-state index contributed by atoms with van der Waals surface area (Å²) >= 11 is 0. The number of aliphatic hydroxyl groups excluding tert-OH is 1. The summed E-state index contributed by atoms with van der Waals surface area (Å²) in [6, 6.07) is 20.5. The zero-order chi connectivity index (χ0) is 15.9. The average Bonchev–Trinajstić information content (AvgIpc) is 2.99. The third-order valence-corrected chi connectivity index (χ3v) is 4.03. The molecule has 2 atom stereocenters. The molecule has 0 aromatic heterocycles. The smallest absolute Gasteiger partial charge is 0.104 e. The molecule has 1 N–H and O–H groups in total. The highest BCUT2D eigenvalue weighted by molar-refractivity contribution is 5.15. The predicted molar refractivity (Wildman–Crippen MR) is 88.4 cm³/mol. The van der Waals surface area contributed by atoms with E-state index < -0.39 is 0 Å². The molecule has 1 aliphatic rings. The first kappa shape index (κ1) is 16.1. The summed E-state index contributed by atoms with van der Waals surface area (Å²) in [7, 11) is 0. The van der Waals surface area contributed by atoms with Crippen molar-refractivity contribution in [2.45, 2.75) is 31.7 Å². The van der Waals surface area contributed by atoms with Gasteiger partial charge in [-0.2, -0.15) is 5.06 Å². The molecule has 4 heteroatoms. The van der Waals surface area contributed by atoms with E-state index in [4.69, 9.17) is 9.57 Å². The molecule has 0 amide bonds. The summed E-state index contributed by atoms with van der Waals surface area (Å²) in [6.45, 7) is 1.94.